The second-order valence-corrected chi connectivity index (χ2v) is 6.72. The van der Waals surface area contributed by atoms with Crippen LogP contribution in [0.4, 0.5) is 0 Å². The van der Waals surface area contributed by atoms with Gasteiger partial charge in [0.1, 0.15) is 5.75 Å². The summed E-state index contributed by atoms with van der Waals surface area (Å²) in [7, 11) is 3.53. The van der Waals surface area contributed by atoms with Gasteiger partial charge in [-0.25, -0.2) is 4.98 Å². The summed E-state index contributed by atoms with van der Waals surface area (Å²) in [6.45, 7) is 4.72. The third kappa shape index (κ3) is 5.47. The van der Waals surface area contributed by atoms with Gasteiger partial charge < -0.3 is 19.9 Å². The number of benzene rings is 1. The standard InChI is InChI=1S/C20H30N6O/c1-21-20(23-9-13-25-12-8-22-16-25)24-15-19(26-10-3-4-11-26)17-6-5-7-18(14-17)27-2/h5-8,12,14,16,19H,3-4,9-11,13,15H2,1-2H3,(H2,21,23,24). The van der Waals surface area contributed by atoms with E-state index in [4.69, 9.17) is 4.74 Å². The van der Waals surface area contributed by atoms with E-state index in [9.17, 15) is 0 Å². The summed E-state index contributed by atoms with van der Waals surface area (Å²) in [5, 5.41) is 6.87. The molecule has 7 nitrogen and oxygen atoms in total. The summed E-state index contributed by atoms with van der Waals surface area (Å²) in [4.78, 5) is 11.0. The Hall–Kier alpha value is -2.54. The van der Waals surface area contributed by atoms with Crippen molar-refractivity contribution in [2.45, 2.75) is 25.4 Å². The molecule has 0 bridgehead atoms. The number of guanidine groups is 1. The first-order valence-corrected chi connectivity index (χ1v) is 9.58. The van der Waals surface area contributed by atoms with Crippen LogP contribution in [-0.4, -0.2) is 60.7 Å². The largest absolute Gasteiger partial charge is 0.497 e. The van der Waals surface area contributed by atoms with Crippen molar-refractivity contribution in [3.05, 3.63) is 48.5 Å². The third-order valence-electron chi connectivity index (χ3n) is 4.97. The van der Waals surface area contributed by atoms with Crippen LogP contribution in [0.1, 0.15) is 24.4 Å². The van der Waals surface area contributed by atoms with Gasteiger partial charge in [-0.15, -0.1) is 0 Å². The quantitative estimate of drug-likeness (QED) is 0.549. The number of nitrogens with one attached hydrogen (secondary N) is 2. The minimum absolute atomic E-state index is 0.301. The second-order valence-electron chi connectivity index (χ2n) is 6.72. The molecule has 1 aromatic heterocycles. The van der Waals surface area contributed by atoms with E-state index >= 15 is 0 Å². The summed E-state index contributed by atoms with van der Waals surface area (Å²) in [6.07, 6.45) is 8.10. The predicted octanol–water partition coefficient (Wildman–Crippen LogP) is 1.89. The SMILES string of the molecule is CN=C(NCCn1ccnc1)NCC(c1cccc(OC)c1)N1CCCC1. The van der Waals surface area contributed by atoms with E-state index in [1.807, 2.05) is 30.2 Å². The Labute approximate surface area is 161 Å². The van der Waals surface area contributed by atoms with Gasteiger partial charge in [0.2, 0.25) is 0 Å². The van der Waals surface area contributed by atoms with E-state index in [-0.39, 0.29) is 0 Å². The van der Waals surface area contributed by atoms with E-state index in [0.717, 1.165) is 44.4 Å². The van der Waals surface area contributed by atoms with Crippen molar-refractivity contribution in [1.29, 1.82) is 0 Å². The maximum absolute atomic E-state index is 5.42. The average molecular weight is 371 g/mol. The molecule has 0 spiro atoms. The smallest absolute Gasteiger partial charge is 0.191 e. The van der Waals surface area contributed by atoms with Crippen molar-refractivity contribution >= 4 is 5.96 Å². The zero-order valence-electron chi connectivity index (χ0n) is 16.3. The van der Waals surface area contributed by atoms with Crippen molar-refractivity contribution in [3.63, 3.8) is 0 Å². The molecule has 1 aliphatic heterocycles. The number of nitrogens with zero attached hydrogens (tertiary/aromatic N) is 4. The molecule has 1 unspecified atom stereocenters. The molecule has 0 amide bonds. The van der Waals surface area contributed by atoms with Gasteiger partial charge >= 0.3 is 0 Å². The molecule has 146 valence electrons. The number of methoxy groups -OCH3 is 1. The molecular weight excluding hydrogens is 340 g/mol. The molecule has 2 aromatic rings. The van der Waals surface area contributed by atoms with Gasteiger partial charge in [0.05, 0.1) is 19.5 Å². The highest BCUT2D eigenvalue weighted by molar-refractivity contribution is 5.79. The summed E-state index contributed by atoms with van der Waals surface area (Å²) in [5.74, 6) is 1.72. The Morgan fingerprint density at radius 1 is 1.30 bits per heavy atom. The first-order valence-electron chi connectivity index (χ1n) is 9.58. The number of aromatic nitrogens is 2. The molecule has 0 aliphatic carbocycles. The Bertz CT molecular complexity index is 709. The molecule has 1 saturated heterocycles. The molecule has 1 aromatic carbocycles. The van der Waals surface area contributed by atoms with Crippen LogP contribution in [-0.2, 0) is 6.54 Å². The zero-order valence-corrected chi connectivity index (χ0v) is 16.3. The maximum Gasteiger partial charge on any atom is 0.191 e. The lowest BCUT2D eigenvalue weighted by atomic mass is 10.1. The number of rotatable bonds is 8. The van der Waals surface area contributed by atoms with E-state index < -0.39 is 0 Å². The monoisotopic (exact) mass is 370 g/mol. The van der Waals surface area contributed by atoms with Crippen LogP contribution in [0.15, 0.2) is 48.0 Å². The summed E-state index contributed by atoms with van der Waals surface area (Å²) < 4.78 is 7.47. The highest BCUT2D eigenvalue weighted by atomic mass is 16.5. The maximum atomic E-state index is 5.42. The van der Waals surface area contributed by atoms with Crippen molar-refractivity contribution < 1.29 is 4.74 Å². The molecule has 7 heteroatoms. The molecule has 1 aliphatic rings. The fourth-order valence-corrected chi connectivity index (χ4v) is 3.50. The van der Waals surface area contributed by atoms with Crippen molar-refractivity contribution in [2.75, 3.05) is 40.3 Å². The number of imidazole rings is 1. The first-order chi connectivity index (χ1) is 13.3. The van der Waals surface area contributed by atoms with E-state index in [0.29, 0.717) is 6.04 Å². The van der Waals surface area contributed by atoms with Crippen LogP contribution in [0.2, 0.25) is 0 Å². The molecule has 1 fully saturated rings. The zero-order chi connectivity index (χ0) is 18.9. The lowest BCUT2D eigenvalue weighted by Gasteiger charge is -2.29. The topological polar surface area (TPSA) is 66.7 Å². The lowest BCUT2D eigenvalue weighted by Crippen LogP contribution is -2.43. The Kier molecular flexibility index (Phi) is 7.10. The number of hydrogen-bond donors (Lipinski definition) is 2. The van der Waals surface area contributed by atoms with Crippen molar-refractivity contribution in [3.8, 4) is 5.75 Å². The van der Waals surface area contributed by atoms with Gasteiger partial charge in [-0.05, 0) is 43.6 Å². The third-order valence-corrected chi connectivity index (χ3v) is 4.97. The van der Waals surface area contributed by atoms with Gasteiger partial charge in [0.15, 0.2) is 5.96 Å². The molecule has 2 heterocycles. The average Bonchev–Trinajstić information content (AvgIpc) is 3.41. The van der Waals surface area contributed by atoms with E-state index in [2.05, 4.69) is 43.7 Å². The molecule has 27 heavy (non-hydrogen) atoms. The number of likely N-dealkylation sites (tertiary alicyclic amines) is 1. The summed E-state index contributed by atoms with van der Waals surface area (Å²) in [6, 6.07) is 8.68. The van der Waals surface area contributed by atoms with Gasteiger partial charge in [0, 0.05) is 39.1 Å². The molecule has 3 rings (SSSR count). The summed E-state index contributed by atoms with van der Waals surface area (Å²) in [5.41, 5.74) is 1.28. The minimum Gasteiger partial charge on any atom is -0.497 e. The van der Waals surface area contributed by atoms with E-state index in [1.165, 1.54) is 18.4 Å². The number of aliphatic imine (C=N–C) groups is 1. The predicted molar refractivity (Wildman–Crippen MR) is 108 cm³/mol. The van der Waals surface area contributed by atoms with Crippen molar-refractivity contribution in [1.82, 2.24) is 25.1 Å². The summed E-state index contributed by atoms with van der Waals surface area (Å²) >= 11 is 0. The Balaban J connectivity index is 1.59. The van der Waals surface area contributed by atoms with Gasteiger partial charge in [0.25, 0.3) is 0 Å². The highest BCUT2D eigenvalue weighted by Gasteiger charge is 2.24. The van der Waals surface area contributed by atoms with Gasteiger partial charge in [-0.2, -0.15) is 0 Å². The minimum atomic E-state index is 0.301. The molecule has 0 saturated carbocycles. The number of ether oxygens (including phenoxy) is 1. The fourth-order valence-electron chi connectivity index (χ4n) is 3.50. The van der Waals surface area contributed by atoms with Crippen LogP contribution < -0.4 is 15.4 Å². The Morgan fingerprint density at radius 3 is 2.85 bits per heavy atom. The van der Waals surface area contributed by atoms with Gasteiger partial charge in [-0.1, -0.05) is 12.1 Å². The fraction of sp³-hybridized carbons (Fsp3) is 0.500. The molecular formula is C20H30N6O. The van der Waals surface area contributed by atoms with E-state index in [1.54, 1.807) is 13.3 Å². The van der Waals surface area contributed by atoms with Crippen LogP contribution in [0.5, 0.6) is 5.75 Å². The van der Waals surface area contributed by atoms with Crippen LogP contribution in [0.3, 0.4) is 0 Å². The highest BCUT2D eigenvalue weighted by Crippen LogP contribution is 2.27. The number of hydrogen-bond acceptors (Lipinski definition) is 4. The first kappa shape index (κ1) is 19.2. The van der Waals surface area contributed by atoms with Crippen molar-refractivity contribution in [2.24, 2.45) is 4.99 Å². The molecule has 1 atom stereocenters. The molecule has 0 radical (unpaired) electrons. The molecule has 2 N–H and O–H groups in total. The van der Waals surface area contributed by atoms with Crippen LogP contribution in [0.25, 0.3) is 0 Å². The Morgan fingerprint density at radius 2 is 2.15 bits per heavy atom. The second kappa shape index (κ2) is 9.97. The lowest BCUT2D eigenvalue weighted by molar-refractivity contribution is 0.245. The normalized spacial score (nSPS) is 16.3. The van der Waals surface area contributed by atoms with Crippen LogP contribution in [0, 0.1) is 0 Å². The van der Waals surface area contributed by atoms with Gasteiger partial charge in [-0.3, -0.25) is 9.89 Å². The van der Waals surface area contributed by atoms with Crippen LogP contribution >= 0.6 is 0 Å².